The van der Waals surface area contributed by atoms with Gasteiger partial charge >= 0.3 is 5.97 Å². The minimum Gasteiger partial charge on any atom is -0.465 e. The van der Waals surface area contributed by atoms with Crippen LogP contribution in [0.15, 0.2) is 42.5 Å². The van der Waals surface area contributed by atoms with Crippen LogP contribution in [0.4, 0.5) is 0 Å². The molecule has 24 heavy (non-hydrogen) atoms. The third kappa shape index (κ3) is 1.48. The molecule has 1 saturated carbocycles. The smallest absolute Gasteiger partial charge is 0.323 e. The lowest BCUT2D eigenvalue weighted by atomic mass is 9.39. The molecule has 0 unspecified atom stereocenters. The van der Waals surface area contributed by atoms with Crippen molar-refractivity contribution in [3.63, 3.8) is 0 Å². The predicted molar refractivity (Wildman–Crippen MR) is 85.7 cm³/mol. The lowest BCUT2D eigenvalue weighted by Gasteiger charge is -2.63. The monoisotopic (exact) mass is 325 g/mol. The highest BCUT2D eigenvalue weighted by Gasteiger charge is 2.84. The first-order valence-corrected chi connectivity index (χ1v) is 8.37. The zero-order valence-electron chi connectivity index (χ0n) is 13.5. The average molecular weight is 325 g/mol. The minimum absolute atomic E-state index is 0.0755. The van der Waals surface area contributed by atoms with Crippen molar-refractivity contribution in [1.82, 2.24) is 5.32 Å². The number of allylic oxidation sites excluding steroid dienone is 1. The van der Waals surface area contributed by atoms with Crippen molar-refractivity contribution in [3.05, 3.63) is 48.0 Å². The van der Waals surface area contributed by atoms with Crippen LogP contribution in [0.3, 0.4) is 0 Å². The molecule has 5 heteroatoms. The summed E-state index contributed by atoms with van der Waals surface area (Å²) in [6.07, 6.45) is 5.61. The van der Waals surface area contributed by atoms with Crippen molar-refractivity contribution in [2.75, 3.05) is 6.61 Å². The van der Waals surface area contributed by atoms with Crippen LogP contribution in [-0.2, 0) is 24.7 Å². The van der Waals surface area contributed by atoms with Crippen LogP contribution in [0.2, 0.25) is 0 Å². The number of fused-ring (bicyclic) bond motifs is 4. The van der Waals surface area contributed by atoms with Gasteiger partial charge in [0.1, 0.15) is 0 Å². The summed E-state index contributed by atoms with van der Waals surface area (Å²) in [7, 11) is 0. The van der Waals surface area contributed by atoms with Crippen LogP contribution in [0.1, 0.15) is 25.3 Å². The van der Waals surface area contributed by atoms with E-state index in [1.165, 1.54) is 0 Å². The quantitative estimate of drug-likeness (QED) is 0.397. The van der Waals surface area contributed by atoms with Crippen molar-refractivity contribution in [2.45, 2.75) is 25.3 Å². The lowest BCUT2D eigenvalue weighted by molar-refractivity contribution is -0.194. The van der Waals surface area contributed by atoms with Gasteiger partial charge in [0.05, 0.1) is 12.1 Å². The van der Waals surface area contributed by atoms with Gasteiger partial charge in [-0.05, 0) is 31.2 Å². The molecule has 0 aromatic heterocycles. The van der Waals surface area contributed by atoms with Crippen molar-refractivity contribution in [1.29, 1.82) is 0 Å². The maximum Gasteiger partial charge on any atom is 0.323 e. The number of hydrogen-bond donors (Lipinski definition) is 1. The summed E-state index contributed by atoms with van der Waals surface area (Å²) in [6.45, 7) is 1.89. The molecular formula is C19H19NO4. The molecule has 5 nitrogen and oxygen atoms in total. The van der Waals surface area contributed by atoms with Crippen LogP contribution in [0, 0.1) is 17.3 Å². The van der Waals surface area contributed by atoms with Crippen molar-refractivity contribution in [2.24, 2.45) is 17.3 Å². The normalized spacial score (nSPS) is 36.4. The molecule has 0 spiro atoms. The first-order valence-electron chi connectivity index (χ1n) is 8.37. The zero-order valence-corrected chi connectivity index (χ0v) is 13.5. The minimum atomic E-state index is -1.45. The lowest BCUT2D eigenvalue weighted by Crippen LogP contribution is -2.74. The van der Waals surface area contributed by atoms with E-state index >= 15 is 0 Å². The number of amides is 1. The summed E-state index contributed by atoms with van der Waals surface area (Å²) in [6, 6.07) is 9.32. The number of hydrogen-bond acceptors (Lipinski definition) is 4. The Hall–Kier alpha value is -2.43. The summed E-state index contributed by atoms with van der Waals surface area (Å²) >= 11 is 0. The second-order valence-electron chi connectivity index (χ2n) is 6.62. The molecule has 1 heterocycles. The van der Waals surface area contributed by atoms with Crippen LogP contribution >= 0.6 is 0 Å². The number of carbonyl (C=O) groups is 3. The van der Waals surface area contributed by atoms with Gasteiger partial charge in [0.2, 0.25) is 5.78 Å². The first kappa shape index (κ1) is 15.1. The predicted octanol–water partition coefficient (Wildman–Crippen LogP) is 1.73. The van der Waals surface area contributed by atoms with E-state index < -0.39 is 28.6 Å². The molecule has 1 amide bonds. The number of benzene rings is 1. The third-order valence-electron chi connectivity index (χ3n) is 5.80. The Labute approximate surface area is 140 Å². The molecule has 2 fully saturated rings. The number of ketones is 1. The van der Waals surface area contributed by atoms with E-state index in [9.17, 15) is 14.4 Å². The van der Waals surface area contributed by atoms with Crippen molar-refractivity contribution < 1.29 is 19.1 Å². The fourth-order valence-corrected chi connectivity index (χ4v) is 5.01. The van der Waals surface area contributed by atoms with Crippen molar-refractivity contribution in [3.8, 4) is 0 Å². The van der Waals surface area contributed by atoms with Crippen LogP contribution in [-0.4, -0.2) is 24.3 Å². The van der Waals surface area contributed by atoms with Gasteiger partial charge in [0, 0.05) is 5.92 Å². The molecule has 124 valence electrons. The molecule has 2 aliphatic carbocycles. The largest absolute Gasteiger partial charge is 0.465 e. The van der Waals surface area contributed by atoms with Gasteiger partial charge in [-0.15, -0.1) is 0 Å². The first-order chi connectivity index (χ1) is 11.6. The van der Waals surface area contributed by atoms with E-state index in [2.05, 4.69) is 11.4 Å². The maximum atomic E-state index is 13.0. The number of carbonyl (C=O) groups excluding carboxylic acids is 3. The highest BCUT2D eigenvalue weighted by molar-refractivity contribution is 6.46. The molecule has 0 radical (unpaired) electrons. The van der Waals surface area contributed by atoms with E-state index in [1.807, 2.05) is 36.4 Å². The second-order valence-corrected chi connectivity index (χ2v) is 6.62. The van der Waals surface area contributed by atoms with E-state index in [-0.39, 0.29) is 18.4 Å². The van der Waals surface area contributed by atoms with Gasteiger partial charge in [-0.25, -0.2) is 0 Å². The van der Waals surface area contributed by atoms with E-state index in [0.717, 1.165) is 12.0 Å². The number of nitrogens with one attached hydrogen (secondary N) is 1. The SMILES string of the molecule is CCOC(=O)[C@]12C(=O)C(=O)N[C@]1(c1ccccc1)[C@@H]1C=CCC[C@@H]12. The zero-order chi connectivity index (χ0) is 16.9. The fraction of sp³-hybridized carbons (Fsp3) is 0.421. The molecule has 3 aliphatic rings. The molecule has 1 aliphatic heterocycles. The van der Waals surface area contributed by atoms with E-state index in [0.29, 0.717) is 6.42 Å². The number of Topliss-reactive ketones (excluding diaryl/α,β-unsaturated/α-hetero) is 1. The van der Waals surface area contributed by atoms with Gasteiger partial charge in [0.15, 0.2) is 5.41 Å². The van der Waals surface area contributed by atoms with Gasteiger partial charge in [0.25, 0.3) is 5.91 Å². The van der Waals surface area contributed by atoms with Crippen molar-refractivity contribution >= 4 is 17.7 Å². The van der Waals surface area contributed by atoms with Crippen LogP contribution in [0.25, 0.3) is 0 Å². The van der Waals surface area contributed by atoms with E-state index in [4.69, 9.17) is 4.74 Å². The second kappa shape index (κ2) is 5.03. The highest BCUT2D eigenvalue weighted by Crippen LogP contribution is 2.69. The van der Waals surface area contributed by atoms with Gasteiger partial charge in [-0.3, -0.25) is 14.4 Å². The Morgan fingerprint density at radius 2 is 2.04 bits per heavy atom. The third-order valence-corrected chi connectivity index (χ3v) is 5.80. The summed E-state index contributed by atoms with van der Waals surface area (Å²) in [4.78, 5) is 38.2. The summed E-state index contributed by atoms with van der Waals surface area (Å²) in [5.41, 5.74) is -1.70. The molecule has 1 aromatic carbocycles. The van der Waals surface area contributed by atoms with Crippen LogP contribution < -0.4 is 5.32 Å². The molecular weight excluding hydrogens is 306 g/mol. The summed E-state index contributed by atoms with van der Waals surface area (Å²) in [5.74, 6) is -2.19. The summed E-state index contributed by atoms with van der Waals surface area (Å²) < 4.78 is 5.29. The molecule has 1 aromatic rings. The average Bonchev–Trinajstić information content (AvgIpc) is 2.80. The Bertz CT molecular complexity index is 756. The molecule has 4 rings (SSSR count). The van der Waals surface area contributed by atoms with Gasteiger partial charge in [-0.1, -0.05) is 42.5 Å². The standard InChI is InChI=1S/C19H19NO4/c1-2-24-17(23)18-13-10-6-7-11-14(13)19(18,20-16(22)15(18)21)12-8-4-3-5-9-12/h3-5,7-9,11,13-14H,2,6,10H2,1H3,(H,20,22)/t13-,14+,18-,19+/m0/s1. The number of ether oxygens (including phenoxy) is 1. The molecule has 0 bridgehead atoms. The number of rotatable bonds is 3. The molecule has 4 atom stereocenters. The Kier molecular flexibility index (Phi) is 3.17. The molecule has 1 N–H and O–H groups in total. The molecule has 1 saturated heterocycles. The van der Waals surface area contributed by atoms with Gasteiger partial charge < -0.3 is 10.1 Å². The van der Waals surface area contributed by atoms with E-state index in [1.54, 1.807) is 6.92 Å². The topological polar surface area (TPSA) is 72.5 Å². The fourth-order valence-electron chi connectivity index (χ4n) is 5.01. The van der Waals surface area contributed by atoms with Crippen LogP contribution in [0.5, 0.6) is 0 Å². The Morgan fingerprint density at radius 1 is 1.29 bits per heavy atom. The van der Waals surface area contributed by atoms with Gasteiger partial charge in [-0.2, -0.15) is 0 Å². The highest BCUT2D eigenvalue weighted by atomic mass is 16.5. The number of esters is 1. The Balaban J connectivity index is 1.97. The maximum absolute atomic E-state index is 13.0. The summed E-state index contributed by atoms with van der Waals surface area (Å²) in [5, 5.41) is 2.87. The Morgan fingerprint density at radius 3 is 2.75 bits per heavy atom.